The van der Waals surface area contributed by atoms with Crippen LogP contribution in [-0.4, -0.2) is 31.2 Å². The molecule has 0 saturated heterocycles. The summed E-state index contributed by atoms with van der Waals surface area (Å²) in [4.78, 5) is 0. The Bertz CT molecular complexity index is 377. The minimum atomic E-state index is 0.670. The number of para-hydroxylation sites is 1. The summed E-state index contributed by atoms with van der Waals surface area (Å²) in [6.45, 7) is 3.39. The van der Waals surface area contributed by atoms with E-state index in [-0.39, 0.29) is 0 Å². The van der Waals surface area contributed by atoms with Crippen molar-refractivity contribution in [2.24, 2.45) is 0 Å². The zero-order chi connectivity index (χ0) is 13.0. The second kappa shape index (κ2) is 6.48. The summed E-state index contributed by atoms with van der Waals surface area (Å²) in [6, 6.07) is 9.09. The molecule has 1 fully saturated rings. The summed E-state index contributed by atoms with van der Waals surface area (Å²) < 4.78 is 5.43. The van der Waals surface area contributed by atoms with Crippen LogP contribution in [0.1, 0.15) is 31.2 Å². The summed E-state index contributed by atoms with van der Waals surface area (Å²) in [5.74, 6) is 1.71. The normalized spacial score (nSPS) is 24.4. The molecular formula is C15H23NOS. The number of hydrogen-bond acceptors (Lipinski definition) is 3. The predicted octanol–water partition coefficient (Wildman–Crippen LogP) is 3.28. The van der Waals surface area contributed by atoms with Crippen molar-refractivity contribution in [1.82, 2.24) is 5.32 Å². The lowest BCUT2D eigenvalue weighted by atomic mass is 9.75. The van der Waals surface area contributed by atoms with Gasteiger partial charge in [0.25, 0.3) is 0 Å². The van der Waals surface area contributed by atoms with Crippen LogP contribution < -0.4 is 10.1 Å². The fourth-order valence-corrected chi connectivity index (χ4v) is 2.72. The fourth-order valence-electron chi connectivity index (χ4n) is 2.46. The Kier molecular flexibility index (Phi) is 4.95. The predicted molar refractivity (Wildman–Crippen MR) is 79.7 cm³/mol. The maximum Gasteiger partial charge on any atom is 0.122 e. The highest BCUT2D eigenvalue weighted by atomic mass is 32.2. The van der Waals surface area contributed by atoms with Crippen LogP contribution in [0.3, 0.4) is 0 Å². The van der Waals surface area contributed by atoms with Gasteiger partial charge in [-0.25, -0.2) is 0 Å². The largest absolute Gasteiger partial charge is 0.496 e. The van der Waals surface area contributed by atoms with Crippen molar-refractivity contribution in [1.29, 1.82) is 0 Å². The summed E-state index contributed by atoms with van der Waals surface area (Å²) in [5, 5.41) is 4.35. The minimum absolute atomic E-state index is 0.670. The van der Waals surface area contributed by atoms with Crippen molar-refractivity contribution in [3.63, 3.8) is 0 Å². The Hall–Kier alpha value is -0.670. The van der Waals surface area contributed by atoms with E-state index < -0.39 is 0 Å². The lowest BCUT2D eigenvalue weighted by Crippen LogP contribution is -2.42. The van der Waals surface area contributed by atoms with E-state index in [0.717, 1.165) is 12.3 Å². The van der Waals surface area contributed by atoms with E-state index in [0.29, 0.717) is 17.2 Å². The molecule has 1 aromatic carbocycles. The van der Waals surface area contributed by atoms with Crippen LogP contribution in [0.5, 0.6) is 5.75 Å². The molecule has 0 radical (unpaired) electrons. The molecule has 1 saturated carbocycles. The smallest absolute Gasteiger partial charge is 0.122 e. The number of hydrogen-bond donors (Lipinski definition) is 1. The van der Waals surface area contributed by atoms with Crippen LogP contribution in [0.4, 0.5) is 0 Å². The molecule has 0 heterocycles. The molecule has 1 N–H and O–H groups in total. The van der Waals surface area contributed by atoms with Crippen LogP contribution in [0.2, 0.25) is 0 Å². The number of nitrogens with one attached hydrogen (secondary N) is 1. The number of ether oxygens (including phenoxy) is 1. The van der Waals surface area contributed by atoms with E-state index in [1.807, 2.05) is 17.8 Å². The van der Waals surface area contributed by atoms with E-state index >= 15 is 0 Å². The van der Waals surface area contributed by atoms with Crippen molar-refractivity contribution in [3.05, 3.63) is 29.8 Å². The first-order valence-corrected chi connectivity index (χ1v) is 7.92. The van der Waals surface area contributed by atoms with Crippen LogP contribution >= 0.6 is 11.8 Å². The van der Waals surface area contributed by atoms with Gasteiger partial charge in [-0.1, -0.05) is 25.1 Å². The highest BCUT2D eigenvalue weighted by molar-refractivity contribution is 7.99. The lowest BCUT2D eigenvalue weighted by molar-refractivity contribution is 0.285. The third-order valence-corrected chi connectivity index (χ3v) is 4.78. The summed E-state index contributed by atoms with van der Waals surface area (Å²) in [7, 11) is 1.76. The van der Waals surface area contributed by atoms with Crippen LogP contribution in [0.25, 0.3) is 0 Å². The van der Waals surface area contributed by atoms with Crippen LogP contribution in [0, 0.1) is 0 Å². The average Bonchev–Trinajstić information content (AvgIpc) is 2.37. The molecule has 1 aromatic rings. The van der Waals surface area contributed by atoms with Gasteiger partial charge in [0.05, 0.1) is 7.11 Å². The molecule has 100 valence electrons. The molecule has 0 aromatic heterocycles. The maximum atomic E-state index is 5.43. The zero-order valence-electron chi connectivity index (χ0n) is 11.5. The standard InChI is InChI=1S/C15H23NOS/c1-11(18-3)10-16-13-8-12(9-13)14-6-4-5-7-15(14)17-2/h4-7,11-13,16H,8-10H2,1-3H3. The van der Waals surface area contributed by atoms with Gasteiger partial charge in [0.15, 0.2) is 0 Å². The fraction of sp³-hybridized carbons (Fsp3) is 0.600. The third-order valence-electron chi connectivity index (χ3n) is 3.81. The third kappa shape index (κ3) is 3.21. The van der Waals surface area contributed by atoms with Crippen molar-refractivity contribution in [2.75, 3.05) is 19.9 Å². The Morgan fingerprint density at radius 2 is 2.11 bits per heavy atom. The molecule has 1 aliphatic rings. The van der Waals surface area contributed by atoms with Crippen molar-refractivity contribution in [3.8, 4) is 5.75 Å². The summed E-state index contributed by atoms with van der Waals surface area (Å²) in [6.07, 6.45) is 4.65. The van der Waals surface area contributed by atoms with Gasteiger partial charge in [0.2, 0.25) is 0 Å². The summed E-state index contributed by atoms with van der Waals surface area (Å²) >= 11 is 1.92. The van der Waals surface area contributed by atoms with Crippen molar-refractivity contribution in [2.45, 2.75) is 37.0 Å². The monoisotopic (exact) mass is 265 g/mol. The van der Waals surface area contributed by atoms with Gasteiger partial charge in [-0.3, -0.25) is 0 Å². The lowest BCUT2D eigenvalue weighted by Gasteiger charge is -2.37. The Labute approximate surface area is 114 Å². The van der Waals surface area contributed by atoms with E-state index in [2.05, 4.69) is 36.7 Å². The van der Waals surface area contributed by atoms with Crippen LogP contribution in [0.15, 0.2) is 24.3 Å². The molecule has 2 nitrogen and oxygen atoms in total. The summed E-state index contributed by atoms with van der Waals surface area (Å²) in [5.41, 5.74) is 1.37. The molecule has 0 bridgehead atoms. The topological polar surface area (TPSA) is 21.3 Å². The quantitative estimate of drug-likeness (QED) is 0.853. The number of benzene rings is 1. The highest BCUT2D eigenvalue weighted by Crippen LogP contribution is 2.40. The Morgan fingerprint density at radius 3 is 2.78 bits per heavy atom. The second-order valence-electron chi connectivity index (χ2n) is 5.06. The molecule has 1 atom stereocenters. The van der Waals surface area contributed by atoms with Gasteiger partial charge < -0.3 is 10.1 Å². The molecule has 3 heteroatoms. The van der Waals surface area contributed by atoms with E-state index in [9.17, 15) is 0 Å². The zero-order valence-corrected chi connectivity index (χ0v) is 12.3. The number of rotatable bonds is 6. The van der Waals surface area contributed by atoms with E-state index in [1.165, 1.54) is 18.4 Å². The number of thioether (sulfide) groups is 1. The van der Waals surface area contributed by atoms with Crippen molar-refractivity contribution < 1.29 is 4.74 Å². The van der Waals surface area contributed by atoms with Gasteiger partial charge in [-0.2, -0.15) is 11.8 Å². The van der Waals surface area contributed by atoms with Gasteiger partial charge in [0.1, 0.15) is 5.75 Å². The first-order valence-electron chi connectivity index (χ1n) is 6.63. The SMILES string of the molecule is COc1ccccc1C1CC(NCC(C)SC)C1. The molecule has 0 amide bonds. The van der Waals surface area contributed by atoms with Gasteiger partial charge in [0, 0.05) is 17.8 Å². The van der Waals surface area contributed by atoms with Gasteiger partial charge >= 0.3 is 0 Å². The highest BCUT2D eigenvalue weighted by Gasteiger charge is 2.31. The average molecular weight is 265 g/mol. The first-order chi connectivity index (χ1) is 8.74. The molecule has 0 aliphatic heterocycles. The van der Waals surface area contributed by atoms with Crippen molar-refractivity contribution >= 4 is 11.8 Å². The van der Waals surface area contributed by atoms with E-state index in [1.54, 1.807) is 7.11 Å². The van der Waals surface area contributed by atoms with Gasteiger partial charge in [-0.15, -0.1) is 0 Å². The Balaban J connectivity index is 1.81. The van der Waals surface area contributed by atoms with E-state index in [4.69, 9.17) is 4.74 Å². The molecule has 0 spiro atoms. The molecular weight excluding hydrogens is 242 g/mol. The maximum absolute atomic E-state index is 5.43. The van der Waals surface area contributed by atoms with Gasteiger partial charge in [-0.05, 0) is 36.6 Å². The molecule has 1 unspecified atom stereocenters. The number of methoxy groups -OCH3 is 1. The molecule has 18 heavy (non-hydrogen) atoms. The minimum Gasteiger partial charge on any atom is -0.496 e. The van der Waals surface area contributed by atoms with Crippen LogP contribution in [-0.2, 0) is 0 Å². The Morgan fingerprint density at radius 1 is 1.39 bits per heavy atom. The molecule has 2 rings (SSSR count). The second-order valence-corrected chi connectivity index (χ2v) is 6.34. The first kappa shape index (κ1) is 13.8. The molecule has 1 aliphatic carbocycles.